The summed E-state index contributed by atoms with van der Waals surface area (Å²) < 4.78 is 5.94. The molecule has 1 amide bonds. The molecule has 23 heavy (non-hydrogen) atoms. The molecule has 0 spiro atoms. The van der Waals surface area contributed by atoms with Crippen molar-refractivity contribution in [2.45, 2.75) is 57.8 Å². The summed E-state index contributed by atoms with van der Waals surface area (Å²) in [5, 5.41) is 13.4. The molecule has 1 aromatic carbocycles. The quantitative estimate of drug-likeness (QED) is 0.772. The van der Waals surface area contributed by atoms with Crippen LogP contribution in [0.15, 0.2) is 24.3 Å². The minimum Gasteiger partial charge on any atom is -0.488 e. The maximum atomic E-state index is 11.9. The van der Waals surface area contributed by atoms with Gasteiger partial charge in [-0.15, -0.1) is 0 Å². The Morgan fingerprint density at radius 2 is 2.00 bits per heavy atom. The van der Waals surface area contributed by atoms with Gasteiger partial charge in [0, 0.05) is 12.5 Å². The number of ether oxygens (including phenoxy) is 1. The van der Waals surface area contributed by atoms with E-state index >= 15 is 0 Å². The van der Waals surface area contributed by atoms with Crippen LogP contribution in [0.5, 0.6) is 5.75 Å². The van der Waals surface area contributed by atoms with Crippen LogP contribution in [-0.2, 0) is 4.79 Å². The summed E-state index contributed by atoms with van der Waals surface area (Å²) in [6, 6.07) is 7.83. The monoisotopic (exact) mass is 320 g/mol. The maximum Gasteiger partial charge on any atom is 0.239 e. The number of nitrogens with two attached hydrogens (primary N) is 1. The molecule has 0 aliphatic heterocycles. The van der Waals surface area contributed by atoms with Crippen LogP contribution in [0.1, 0.15) is 38.7 Å². The van der Waals surface area contributed by atoms with Crippen molar-refractivity contribution in [3.05, 3.63) is 29.8 Å². The standard InChI is InChI=1S/C18H28N2O3/c1-12-7-9-14(10-8-12)23-15-6-4-5-13(16(15)21)11-20-17(22)18(2,3)19/h7-10,13,15-16,21H,4-6,11,19H2,1-3H3,(H,20,22)/t13-,15-,16-/m1/s1. The Morgan fingerprint density at radius 1 is 1.35 bits per heavy atom. The van der Waals surface area contributed by atoms with E-state index in [-0.39, 0.29) is 17.9 Å². The normalized spacial score (nSPS) is 25.0. The van der Waals surface area contributed by atoms with Crippen LogP contribution >= 0.6 is 0 Å². The summed E-state index contributed by atoms with van der Waals surface area (Å²) in [7, 11) is 0. The molecule has 3 atom stereocenters. The molecule has 0 unspecified atom stereocenters. The fourth-order valence-electron chi connectivity index (χ4n) is 2.82. The number of benzene rings is 1. The second-order valence-electron chi connectivity index (χ2n) is 7.08. The van der Waals surface area contributed by atoms with Crippen molar-refractivity contribution in [2.24, 2.45) is 11.7 Å². The predicted molar refractivity (Wildman–Crippen MR) is 90.2 cm³/mol. The van der Waals surface area contributed by atoms with Crippen LogP contribution in [0.3, 0.4) is 0 Å². The fraction of sp³-hybridized carbons (Fsp3) is 0.611. The Balaban J connectivity index is 1.91. The number of hydrogen-bond donors (Lipinski definition) is 3. The Bertz CT molecular complexity index is 522. The van der Waals surface area contributed by atoms with Gasteiger partial charge < -0.3 is 20.9 Å². The van der Waals surface area contributed by atoms with E-state index in [2.05, 4.69) is 5.32 Å². The van der Waals surface area contributed by atoms with Crippen molar-refractivity contribution in [1.29, 1.82) is 0 Å². The molecule has 2 rings (SSSR count). The highest BCUT2D eigenvalue weighted by Gasteiger charge is 2.34. The highest BCUT2D eigenvalue weighted by molar-refractivity contribution is 5.85. The van der Waals surface area contributed by atoms with Crippen LogP contribution in [0.25, 0.3) is 0 Å². The molecule has 1 aromatic rings. The zero-order valence-electron chi connectivity index (χ0n) is 14.2. The molecule has 128 valence electrons. The average Bonchev–Trinajstić information content (AvgIpc) is 2.49. The van der Waals surface area contributed by atoms with Gasteiger partial charge in [0.15, 0.2) is 0 Å². The van der Waals surface area contributed by atoms with Gasteiger partial charge in [-0.3, -0.25) is 4.79 Å². The minimum atomic E-state index is -0.905. The van der Waals surface area contributed by atoms with Crippen molar-refractivity contribution in [1.82, 2.24) is 5.32 Å². The largest absolute Gasteiger partial charge is 0.488 e. The summed E-state index contributed by atoms with van der Waals surface area (Å²) >= 11 is 0. The first-order valence-electron chi connectivity index (χ1n) is 8.26. The number of carbonyl (C=O) groups is 1. The van der Waals surface area contributed by atoms with Crippen molar-refractivity contribution in [2.75, 3.05) is 6.54 Å². The van der Waals surface area contributed by atoms with E-state index in [9.17, 15) is 9.90 Å². The zero-order chi connectivity index (χ0) is 17.0. The third kappa shape index (κ3) is 4.94. The first kappa shape index (κ1) is 17.8. The van der Waals surface area contributed by atoms with Gasteiger partial charge in [0.1, 0.15) is 11.9 Å². The van der Waals surface area contributed by atoms with Gasteiger partial charge in [0.05, 0.1) is 11.6 Å². The van der Waals surface area contributed by atoms with Crippen molar-refractivity contribution < 1.29 is 14.6 Å². The lowest BCUT2D eigenvalue weighted by Crippen LogP contribution is -2.52. The van der Waals surface area contributed by atoms with Gasteiger partial charge in [0.2, 0.25) is 5.91 Å². The number of nitrogens with one attached hydrogen (secondary N) is 1. The Morgan fingerprint density at radius 3 is 2.61 bits per heavy atom. The molecule has 0 saturated heterocycles. The van der Waals surface area contributed by atoms with E-state index in [0.717, 1.165) is 25.0 Å². The molecule has 1 aliphatic rings. The van der Waals surface area contributed by atoms with Gasteiger partial charge >= 0.3 is 0 Å². The number of hydrogen-bond acceptors (Lipinski definition) is 4. The molecule has 4 N–H and O–H groups in total. The average molecular weight is 320 g/mol. The van der Waals surface area contributed by atoms with E-state index in [1.807, 2.05) is 31.2 Å². The second-order valence-corrected chi connectivity index (χ2v) is 7.08. The number of aryl methyl sites for hydroxylation is 1. The first-order chi connectivity index (χ1) is 10.8. The molecular weight excluding hydrogens is 292 g/mol. The van der Waals surface area contributed by atoms with Gasteiger partial charge in [-0.1, -0.05) is 17.7 Å². The van der Waals surface area contributed by atoms with Gasteiger partial charge in [0.25, 0.3) is 0 Å². The van der Waals surface area contributed by atoms with Crippen LogP contribution in [0, 0.1) is 12.8 Å². The predicted octanol–water partition coefficient (Wildman–Crippen LogP) is 1.76. The lowest BCUT2D eigenvalue weighted by molar-refractivity contribution is -0.126. The number of amides is 1. The van der Waals surface area contributed by atoms with Gasteiger partial charge in [-0.2, -0.15) is 0 Å². The third-order valence-electron chi connectivity index (χ3n) is 4.35. The summed E-state index contributed by atoms with van der Waals surface area (Å²) in [6.45, 7) is 5.79. The summed E-state index contributed by atoms with van der Waals surface area (Å²) in [5.74, 6) is 0.559. The topological polar surface area (TPSA) is 84.6 Å². The zero-order valence-corrected chi connectivity index (χ0v) is 14.2. The van der Waals surface area contributed by atoms with E-state index in [1.165, 1.54) is 5.56 Å². The smallest absolute Gasteiger partial charge is 0.239 e. The fourth-order valence-corrected chi connectivity index (χ4v) is 2.82. The van der Waals surface area contributed by atoms with E-state index in [4.69, 9.17) is 10.5 Å². The highest BCUT2D eigenvalue weighted by atomic mass is 16.5. The molecule has 1 saturated carbocycles. The molecule has 1 aliphatic carbocycles. The van der Waals surface area contributed by atoms with Crippen molar-refractivity contribution in [3.8, 4) is 5.75 Å². The van der Waals surface area contributed by atoms with E-state index in [0.29, 0.717) is 6.54 Å². The molecule has 1 fully saturated rings. The molecule has 0 bridgehead atoms. The lowest BCUT2D eigenvalue weighted by Gasteiger charge is -2.35. The van der Waals surface area contributed by atoms with Crippen LogP contribution in [0.2, 0.25) is 0 Å². The van der Waals surface area contributed by atoms with Crippen molar-refractivity contribution >= 4 is 5.91 Å². The van der Waals surface area contributed by atoms with Gasteiger partial charge in [-0.25, -0.2) is 0 Å². The van der Waals surface area contributed by atoms with E-state index in [1.54, 1.807) is 13.8 Å². The number of rotatable bonds is 5. The number of aliphatic hydroxyl groups is 1. The molecule has 0 radical (unpaired) electrons. The minimum absolute atomic E-state index is 0.00880. The Hall–Kier alpha value is -1.59. The van der Waals surface area contributed by atoms with E-state index < -0.39 is 11.6 Å². The van der Waals surface area contributed by atoms with Crippen LogP contribution < -0.4 is 15.8 Å². The van der Waals surface area contributed by atoms with Gasteiger partial charge in [-0.05, 0) is 52.2 Å². The molecule has 5 nitrogen and oxygen atoms in total. The lowest BCUT2D eigenvalue weighted by atomic mass is 9.84. The molecule has 5 heteroatoms. The Kier molecular flexibility index (Phi) is 5.65. The first-order valence-corrected chi connectivity index (χ1v) is 8.26. The molecular formula is C18H28N2O3. The number of aliphatic hydroxyl groups excluding tert-OH is 1. The number of carbonyl (C=O) groups excluding carboxylic acids is 1. The van der Waals surface area contributed by atoms with Crippen LogP contribution in [0.4, 0.5) is 0 Å². The second kappa shape index (κ2) is 7.32. The Labute approximate surface area is 138 Å². The third-order valence-corrected chi connectivity index (χ3v) is 4.35. The SMILES string of the molecule is Cc1ccc(O[C@@H]2CCC[C@H](CNC(=O)C(C)(C)N)[C@H]2O)cc1. The van der Waals surface area contributed by atoms with Crippen LogP contribution in [-0.4, -0.2) is 35.3 Å². The highest BCUT2D eigenvalue weighted by Crippen LogP contribution is 2.28. The molecule has 0 heterocycles. The maximum absolute atomic E-state index is 11.9. The summed E-state index contributed by atoms with van der Waals surface area (Å²) in [6.07, 6.45) is 1.84. The summed E-state index contributed by atoms with van der Waals surface area (Å²) in [5.41, 5.74) is 6.04. The summed E-state index contributed by atoms with van der Waals surface area (Å²) in [4.78, 5) is 11.9. The van der Waals surface area contributed by atoms with Crippen molar-refractivity contribution in [3.63, 3.8) is 0 Å². The molecule has 0 aromatic heterocycles.